The van der Waals surface area contributed by atoms with Gasteiger partial charge < -0.3 is 10.8 Å². The molecule has 0 fully saturated rings. The van der Waals surface area contributed by atoms with Crippen LogP contribution in [0.25, 0.3) is 0 Å². The Labute approximate surface area is 98.8 Å². The van der Waals surface area contributed by atoms with Crippen LogP contribution in [0.5, 0.6) is 0 Å². The Bertz CT molecular complexity index is 501. The number of nitrogens with two attached hydrogens (primary N) is 1. The lowest BCUT2D eigenvalue weighted by atomic mass is 10.2. The van der Waals surface area contributed by atoms with Crippen molar-refractivity contribution >= 4 is 21.9 Å². The molecule has 0 unspecified atom stereocenters. The van der Waals surface area contributed by atoms with Gasteiger partial charge in [-0.2, -0.15) is 13.1 Å². The molecule has 1 aromatic carbocycles. The molecule has 94 valence electrons. The summed E-state index contributed by atoms with van der Waals surface area (Å²) in [5.74, 6) is -1.21. The Morgan fingerprint density at radius 1 is 1.35 bits per heavy atom. The summed E-state index contributed by atoms with van der Waals surface area (Å²) in [6, 6.07) is 5.72. The first kappa shape index (κ1) is 13.4. The third-order valence-electron chi connectivity index (χ3n) is 1.84. The minimum atomic E-state index is -3.80. The van der Waals surface area contributed by atoms with Gasteiger partial charge in [0.05, 0.1) is 11.3 Å². The molecule has 7 nitrogen and oxygen atoms in total. The van der Waals surface area contributed by atoms with Crippen LogP contribution >= 0.6 is 0 Å². The van der Waals surface area contributed by atoms with Gasteiger partial charge in [-0.15, -0.1) is 0 Å². The highest BCUT2D eigenvalue weighted by molar-refractivity contribution is 7.90. The van der Waals surface area contributed by atoms with E-state index in [1.807, 2.05) is 0 Å². The van der Waals surface area contributed by atoms with Gasteiger partial charge >= 0.3 is 5.97 Å². The summed E-state index contributed by atoms with van der Waals surface area (Å²) >= 11 is 0. The Morgan fingerprint density at radius 2 is 2.00 bits per heavy atom. The van der Waals surface area contributed by atoms with Crippen LogP contribution in [-0.4, -0.2) is 32.6 Å². The second-order valence-corrected chi connectivity index (χ2v) is 4.64. The second-order valence-electron chi connectivity index (χ2n) is 3.14. The minimum absolute atomic E-state index is 0.00419. The first-order valence-corrected chi connectivity index (χ1v) is 6.24. The van der Waals surface area contributed by atoms with E-state index in [0.717, 1.165) is 0 Å². The van der Waals surface area contributed by atoms with E-state index in [2.05, 4.69) is 9.44 Å². The molecular formula is C9H13N3O4S. The molecule has 0 aliphatic carbocycles. The van der Waals surface area contributed by atoms with E-state index in [1.54, 1.807) is 0 Å². The summed E-state index contributed by atoms with van der Waals surface area (Å²) in [5, 5.41) is 8.86. The monoisotopic (exact) mass is 259 g/mol. The van der Waals surface area contributed by atoms with Gasteiger partial charge in [-0.3, -0.25) is 4.72 Å². The molecule has 0 saturated carbocycles. The first-order chi connectivity index (χ1) is 7.96. The van der Waals surface area contributed by atoms with Gasteiger partial charge in [0.25, 0.3) is 10.2 Å². The number of hydrogen-bond acceptors (Lipinski definition) is 4. The molecule has 0 radical (unpaired) electrons. The van der Waals surface area contributed by atoms with Gasteiger partial charge in [0.2, 0.25) is 0 Å². The molecule has 8 heteroatoms. The fourth-order valence-corrected chi connectivity index (χ4v) is 2.06. The molecule has 5 N–H and O–H groups in total. The third kappa shape index (κ3) is 4.02. The maximum Gasteiger partial charge on any atom is 0.337 e. The lowest BCUT2D eigenvalue weighted by Crippen LogP contribution is -2.34. The number of hydrogen-bond donors (Lipinski definition) is 4. The summed E-state index contributed by atoms with van der Waals surface area (Å²) in [5.41, 5.74) is 5.04. The van der Waals surface area contributed by atoms with Crippen LogP contribution in [0.4, 0.5) is 5.69 Å². The Balaban J connectivity index is 2.92. The summed E-state index contributed by atoms with van der Waals surface area (Å²) in [6.45, 7) is 0.228. The van der Waals surface area contributed by atoms with Crippen molar-refractivity contribution in [2.24, 2.45) is 5.73 Å². The van der Waals surface area contributed by atoms with Gasteiger partial charge in [0.1, 0.15) is 0 Å². The number of carbonyl (C=O) groups is 1. The maximum absolute atomic E-state index is 11.5. The van der Waals surface area contributed by atoms with Crippen LogP contribution in [0.2, 0.25) is 0 Å². The number of rotatable bonds is 6. The molecule has 0 saturated heterocycles. The largest absolute Gasteiger partial charge is 0.478 e. The molecule has 0 heterocycles. The van der Waals surface area contributed by atoms with E-state index in [0.29, 0.717) is 0 Å². The number of nitrogens with one attached hydrogen (secondary N) is 2. The van der Waals surface area contributed by atoms with Crippen LogP contribution in [-0.2, 0) is 10.2 Å². The van der Waals surface area contributed by atoms with Crippen molar-refractivity contribution in [3.63, 3.8) is 0 Å². The van der Waals surface area contributed by atoms with Crippen LogP contribution < -0.4 is 15.2 Å². The van der Waals surface area contributed by atoms with E-state index in [4.69, 9.17) is 10.8 Å². The van der Waals surface area contributed by atoms with Gasteiger partial charge in [-0.25, -0.2) is 4.79 Å². The fourth-order valence-electron chi connectivity index (χ4n) is 1.13. The zero-order chi connectivity index (χ0) is 12.9. The van der Waals surface area contributed by atoms with Crippen LogP contribution in [0, 0.1) is 0 Å². The molecule has 0 aliphatic heterocycles. The lowest BCUT2D eigenvalue weighted by molar-refractivity contribution is 0.0698. The van der Waals surface area contributed by atoms with Crippen molar-refractivity contribution in [2.45, 2.75) is 0 Å². The lowest BCUT2D eigenvalue weighted by Gasteiger charge is -2.10. The highest BCUT2D eigenvalue weighted by Crippen LogP contribution is 2.15. The standard InChI is InChI=1S/C9H13N3O4S/c10-5-6-11-17(15,16)12-8-4-2-1-3-7(8)9(13)14/h1-4,11-12H,5-6,10H2,(H,13,14). The van der Waals surface area contributed by atoms with Crippen molar-refractivity contribution in [1.29, 1.82) is 0 Å². The number of benzene rings is 1. The zero-order valence-electron chi connectivity index (χ0n) is 8.88. The Hall–Kier alpha value is -1.64. The SMILES string of the molecule is NCCNS(=O)(=O)Nc1ccccc1C(=O)O. The number of para-hydroxylation sites is 1. The molecular weight excluding hydrogens is 246 g/mol. The highest BCUT2D eigenvalue weighted by Gasteiger charge is 2.14. The molecule has 17 heavy (non-hydrogen) atoms. The molecule has 0 aliphatic rings. The quantitative estimate of drug-likeness (QED) is 0.553. The second kappa shape index (κ2) is 5.62. The number of carboxylic acid groups (broad SMARTS) is 1. The molecule has 1 aromatic rings. The molecule has 0 bridgehead atoms. The smallest absolute Gasteiger partial charge is 0.337 e. The van der Waals surface area contributed by atoms with Gasteiger partial charge in [0.15, 0.2) is 0 Å². The van der Waals surface area contributed by atoms with E-state index in [1.165, 1.54) is 24.3 Å². The van der Waals surface area contributed by atoms with Gasteiger partial charge in [-0.1, -0.05) is 12.1 Å². The number of anilines is 1. The summed E-state index contributed by atoms with van der Waals surface area (Å²) in [7, 11) is -3.80. The van der Waals surface area contributed by atoms with Crippen molar-refractivity contribution in [3.8, 4) is 0 Å². The van der Waals surface area contributed by atoms with Crippen molar-refractivity contribution < 1.29 is 18.3 Å². The predicted octanol–water partition coefficient (Wildman–Crippen LogP) is -0.410. The first-order valence-electron chi connectivity index (χ1n) is 4.76. The van der Waals surface area contributed by atoms with Crippen molar-refractivity contribution in [1.82, 2.24) is 4.72 Å². The van der Waals surface area contributed by atoms with Crippen LogP contribution in [0.1, 0.15) is 10.4 Å². The van der Waals surface area contributed by atoms with E-state index in [-0.39, 0.29) is 24.3 Å². The molecule has 0 amide bonds. The molecule has 0 spiro atoms. The topological polar surface area (TPSA) is 122 Å². The van der Waals surface area contributed by atoms with E-state index < -0.39 is 16.2 Å². The van der Waals surface area contributed by atoms with Gasteiger partial charge in [0, 0.05) is 13.1 Å². The number of carboxylic acids is 1. The van der Waals surface area contributed by atoms with Crippen molar-refractivity contribution in [2.75, 3.05) is 17.8 Å². The summed E-state index contributed by atoms with van der Waals surface area (Å²) < 4.78 is 27.2. The Kier molecular flexibility index (Phi) is 4.44. The molecule has 0 aromatic heterocycles. The highest BCUT2D eigenvalue weighted by atomic mass is 32.2. The molecule has 1 rings (SSSR count). The van der Waals surface area contributed by atoms with Crippen molar-refractivity contribution in [3.05, 3.63) is 29.8 Å². The third-order valence-corrected chi connectivity index (χ3v) is 2.91. The van der Waals surface area contributed by atoms with Crippen LogP contribution in [0.3, 0.4) is 0 Å². The summed E-state index contributed by atoms with van der Waals surface area (Å²) in [4.78, 5) is 10.8. The van der Waals surface area contributed by atoms with Gasteiger partial charge in [-0.05, 0) is 12.1 Å². The van der Waals surface area contributed by atoms with E-state index >= 15 is 0 Å². The minimum Gasteiger partial charge on any atom is -0.478 e. The van der Waals surface area contributed by atoms with E-state index in [9.17, 15) is 13.2 Å². The average Bonchev–Trinajstić information content (AvgIpc) is 2.26. The zero-order valence-corrected chi connectivity index (χ0v) is 9.70. The molecule has 0 atom stereocenters. The fraction of sp³-hybridized carbons (Fsp3) is 0.222. The summed E-state index contributed by atoms with van der Waals surface area (Å²) in [6.07, 6.45) is 0. The average molecular weight is 259 g/mol. The predicted molar refractivity (Wildman–Crippen MR) is 63.0 cm³/mol. The Morgan fingerprint density at radius 3 is 2.59 bits per heavy atom. The number of aromatic carboxylic acids is 1. The normalized spacial score (nSPS) is 11.1. The van der Waals surface area contributed by atoms with Crippen LogP contribution in [0.15, 0.2) is 24.3 Å². The maximum atomic E-state index is 11.5.